The van der Waals surface area contributed by atoms with Crippen LogP contribution in [-0.2, 0) is 0 Å². The van der Waals surface area contributed by atoms with Crippen molar-refractivity contribution in [3.63, 3.8) is 0 Å². The zero-order valence-corrected chi connectivity index (χ0v) is 13.9. The van der Waals surface area contributed by atoms with Gasteiger partial charge in [0.25, 0.3) is 0 Å². The van der Waals surface area contributed by atoms with Gasteiger partial charge in [0.1, 0.15) is 0 Å². The molecular weight excluding hydrogens is 276 g/mol. The van der Waals surface area contributed by atoms with E-state index in [4.69, 9.17) is 0 Å². The molecule has 0 spiro atoms. The molecule has 0 aliphatic carbocycles. The Balaban J connectivity index is 2.02. The molecule has 1 unspecified atom stereocenters. The van der Waals surface area contributed by atoms with E-state index in [1.807, 2.05) is 24.9 Å². The minimum absolute atomic E-state index is 0.351. The number of aryl methyl sites for hydroxylation is 2. The van der Waals surface area contributed by atoms with E-state index in [9.17, 15) is 0 Å². The molecule has 0 saturated carbocycles. The summed E-state index contributed by atoms with van der Waals surface area (Å²) in [5.74, 6) is 1.02. The molecule has 1 heterocycles. The zero-order valence-electron chi connectivity index (χ0n) is 13.1. The van der Waals surface area contributed by atoms with Crippen LogP contribution >= 0.6 is 11.8 Å². The predicted molar refractivity (Wildman–Crippen MR) is 91.9 cm³/mol. The van der Waals surface area contributed by atoms with E-state index in [2.05, 4.69) is 60.5 Å². The molecule has 0 aliphatic heterocycles. The van der Waals surface area contributed by atoms with Crippen molar-refractivity contribution in [1.82, 2.24) is 10.3 Å². The number of nitrogens with zero attached hydrogens (tertiary/aromatic N) is 1. The van der Waals surface area contributed by atoms with Crippen LogP contribution in [0, 0.1) is 13.8 Å². The molecule has 0 radical (unpaired) electrons. The minimum Gasteiger partial charge on any atom is -0.309 e. The van der Waals surface area contributed by atoms with Crippen molar-refractivity contribution in [3.8, 4) is 0 Å². The van der Waals surface area contributed by atoms with Gasteiger partial charge in [-0.05, 0) is 50.6 Å². The highest BCUT2D eigenvalue weighted by molar-refractivity contribution is 7.99. The molecule has 1 aromatic carbocycles. The molecule has 0 fully saturated rings. The van der Waals surface area contributed by atoms with Gasteiger partial charge in [0.05, 0.1) is 0 Å². The summed E-state index contributed by atoms with van der Waals surface area (Å²) in [7, 11) is 0. The molecule has 3 heteroatoms. The van der Waals surface area contributed by atoms with Crippen LogP contribution in [0.4, 0.5) is 0 Å². The second-order valence-electron chi connectivity index (χ2n) is 5.36. The number of rotatable bonds is 7. The van der Waals surface area contributed by atoms with Gasteiger partial charge in [-0.2, -0.15) is 0 Å². The monoisotopic (exact) mass is 300 g/mol. The fourth-order valence-electron chi connectivity index (χ4n) is 2.09. The van der Waals surface area contributed by atoms with E-state index in [1.54, 1.807) is 0 Å². The van der Waals surface area contributed by atoms with Crippen molar-refractivity contribution in [2.75, 3.05) is 12.3 Å². The Morgan fingerprint density at radius 3 is 2.48 bits per heavy atom. The van der Waals surface area contributed by atoms with Crippen LogP contribution in [0.25, 0.3) is 0 Å². The molecule has 21 heavy (non-hydrogen) atoms. The molecule has 0 saturated heterocycles. The average molecular weight is 300 g/mol. The fourth-order valence-corrected chi connectivity index (χ4v) is 3.09. The Hall–Kier alpha value is -1.32. The lowest BCUT2D eigenvalue weighted by Crippen LogP contribution is -2.24. The van der Waals surface area contributed by atoms with E-state index in [0.717, 1.165) is 24.4 Å². The maximum absolute atomic E-state index is 4.43. The van der Waals surface area contributed by atoms with Gasteiger partial charge < -0.3 is 5.32 Å². The standard InChI is InChI=1S/C18H24N2S/c1-4-11-19-18(16-8-7-15(3)20-12-16)13-21-17-9-5-14(2)6-10-17/h5-10,12,18-19H,4,11,13H2,1-3H3. The third kappa shape index (κ3) is 5.18. The lowest BCUT2D eigenvalue weighted by Gasteiger charge is -2.18. The summed E-state index contributed by atoms with van der Waals surface area (Å²) in [4.78, 5) is 5.75. The number of benzene rings is 1. The van der Waals surface area contributed by atoms with Gasteiger partial charge in [-0.25, -0.2) is 0 Å². The van der Waals surface area contributed by atoms with Gasteiger partial charge in [0, 0.05) is 28.6 Å². The summed E-state index contributed by atoms with van der Waals surface area (Å²) < 4.78 is 0. The highest BCUT2D eigenvalue weighted by Crippen LogP contribution is 2.25. The lowest BCUT2D eigenvalue weighted by atomic mass is 10.1. The number of hydrogen-bond acceptors (Lipinski definition) is 3. The SMILES string of the molecule is CCCNC(CSc1ccc(C)cc1)c1ccc(C)nc1. The second-order valence-corrected chi connectivity index (χ2v) is 6.46. The summed E-state index contributed by atoms with van der Waals surface area (Å²) in [5.41, 5.74) is 3.65. The largest absolute Gasteiger partial charge is 0.309 e. The third-order valence-electron chi connectivity index (χ3n) is 3.41. The van der Waals surface area contributed by atoms with Crippen LogP contribution in [0.3, 0.4) is 0 Å². The van der Waals surface area contributed by atoms with Crippen LogP contribution in [0.15, 0.2) is 47.5 Å². The van der Waals surface area contributed by atoms with Crippen LogP contribution in [0.5, 0.6) is 0 Å². The summed E-state index contributed by atoms with van der Waals surface area (Å²) in [6.45, 7) is 7.38. The maximum atomic E-state index is 4.43. The molecule has 0 bridgehead atoms. The fraction of sp³-hybridized carbons (Fsp3) is 0.389. The van der Waals surface area contributed by atoms with Crippen LogP contribution in [0.1, 0.15) is 36.2 Å². The van der Waals surface area contributed by atoms with Crippen molar-refractivity contribution in [2.24, 2.45) is 0 Å². The highest BCUT2D eigenvalue weighted by Gasteiger charge is 2.11. The molecule has 2 rings (SSSR count). The number of hydrogen-bond donors (Lipinski definition) is 1. The van der Waals surface area contributed by atoms with Gasteiger partial charge in [-0.15, -0.1) is 11.8 Å². The Morgan fingerprint density at radius 2 is 1.86 bits per heavy atom. The molecule has 112 valence electrons. The first-order valence-electron chi connectivity index (χ1n) is 7.54. The third-order valence-corrected chi connectivity index (χ3v) is 4.52. The highest BCUT2D eigenvalue weighted by atomic mass is 32.2. The van der Waals surface area contributed by atoms with E-state index in [0.29, 0.717) is 6.04 Å². The quantitative estimate of drug-likeness (QED) is 0.760. The van der Waals surface area contributed by atoms with Crippen molar-refractivity contribution < 1.29 is 0 Å². The Bertz CT molecular complexity index is 534. The first kappa shape index (κ1) is 16.1. The van der Waals surface area contributed by atoms with Crippen LogP contribution in [-0.4, -0.2) is 17.3 Å². The summed E-state index contributed by atoms with van der Waals surface area (Å²) in [6.07, 6.45) is 3.14. The molecule has 0 aliphatic rings. The average Bonchev–Trinajstić information content (AvgIpc) is 2.50. The molecule has 2 nitrogen and oxygen atoms in total. The van der Waals surface area contributed by atoms with Gasteiger partial charge in [-0.3, -0.25) is 4.98 Å². The first-order chi connectivity index (χ1) is 10.2. The number of aromatic nitrogens is 1. The van der Waals surface area contributed by atoms with Crippen molar-refractivity contribution in [3.05, 3.63) is 59.4 Å². The number of nitrogens with one attached hydrogen (secondary N) is 1. The van der Waals surface area contributed by atoms with E-state index >= 15 is 0 Å². The van der Waals surface area contributed by atoms with E-state index in [-0.39, 0.29) is 0 Å². The van der Waals surface area contributed by atoms with Crippen molar-refractivity contribution >= 4 is 11.8 Å². The normalized spacial score (nSPS) is 12.3. The summed E-state index contributed by atoms with van der Waals surface area (Å²) >= 11 is 1.90. The lowest BCUT2D eigenvalue weighted by molar-refractivity contribution is 0.575. The smallest absolute Gasteiger partial charge is 0.0430 e. The zero-order chi connectivity index (χ0) is 15.1. The number of pyridine rings is 1. The predicted octanol–water partition coefficient (Wildman–Crippen LogP) is 4.53. The molecular formula is C18H24N2S. The summed E-state index contributed by atoms with van der Waals surface area (Å²) in [6, 6.07) is 13.4. The van der Waals surface area contributed by atoms with Gasteiger partial charge in [0.2, 0.25) is 0 Å². The Kier molecular flexibility index (Phi) is 6.27. The van der Waals surface area contributed by atoms with Gasteiger partial charge in [0.15, 0.2) is 0 Å². The Morgan fingerprint density at radius 1 is 1.10 bits per heavy atom. The van der Waals surface area contributed by atoms with Crippen LogP contribution in [0.2, 0.25) is 0 Å². The molecule has 1 atom stereocenters. The molecule has 1 N–H and O–H groups in total. The molecule has 0 amide bonds. The van der Waals surface area contributed by atoms with Crippen LogP contribution < -0.4 is 5.32 Å². The van der Waals surface area contributed by atoms with E-state index in [1.165, 1.54) is 16.0 Å². The van der Waals surface area contributed by atoms with Gasteiger partial charge >= 0.3 is 0 Å². The minimum atomic E-state index is 0.351. The second kappa shape index (κ2) is 8.20. The first-order valence-corrected chi connectivity index (χ1v) is 8.53. The molecule has 1 aromatic heterocycles. The van der Waals surface area contributed by atoms with Crippen molar-refractivity contribution in [2.45, 2.75) is 38.1 Å². The van der Waals surface area contributed by atoms with Crippen molar-refractivity contribution in [1.29, 1.82) is 0 Å². The topological polar surface area (TPSA) is 24.9 Å². The van der Waals surface area contributed by atoms with E-state index < -0.39 is 0 Å². The Labute approximate surface area is 132 Å². The number of thioether (sulfide) groups is 1. The summed E-state index contributed by atoms with van der Waals surface area (Å²) in [5, 5.41) is 3.63. The molecule has 2 aromatic rings. The maximum Gasteiger partial charge on any atom is 0.0430 e. The van der Waals surface area contributed by atoms with Gasteiger partial charge in [-0.1, -0.05) is 30.7 Å².